The molecule has 4 heteroatoms. The van der Waals surface area contributed by atoms with Crippen LogP contribution in [0.5, 0.6) is 0 Å². The fourth-order valence-electron chi connectivity index (χ4n) is 1.47. The monoisotopic (exact) mass is 202 g/mol. The van der Waals surface area contributed by atoms with E-state index in [4.69, 9.17) is 5.73 Å². The van der Waals surface area contributed by atoms with Gasteiger partial charge in [-0.25, -0.2) is 9.50 Å². The molecule has 4 nitrogen and oxygen atoms in total. The van der Waals surface area contributed by atoms with Gasteiger partial charge in [0.1, 0.15) is 11.8 Å². The molecule has 2 rings (SSSR count). The van der Waals surface area contributed by atoms with Crippen molar-refractivity contribution in [2.24, 2.45) is 0 Å². The second-order valence-corrected chi connectivity index (χ2v) is 3.39. The molecule has 78 valence electrons. The number of rotatable bonds is 3. The van der Waals surface area contributed by atoms with E-state index in [0.29, 0.717) is 5.82 Å². The van der Waals surface area contributed by atoms with Crippen LogP contribution in [0.2, 0.25) is 0 Å². The van der Waals surface area contributed by atoms with E-state index in [1.54, 1.807) is 4.52 Å². The van der Waals surface area contributed by atoms with E-state index in [2.05, 4.69) is 29.2 Å². The highest BCUT2D eigenvalue weighted by Gasteiger charge is 2.02. The summed E-state index contributed by atoms with van der Waals surface area (Å²) in [6.07, 6.45) is 7.90. The van der Waals surface area contributed by atoms with Crippen molar-refractivity contribution >= 4 is 17.4 Å². The summed E-state index contributed by atoms with van der Waals surface area (Å²) in [6.45, 7) is 2.15. The third kappa shape index (κ3) is 1.83. The summed E-state index contributed by atoms with van der Waals surface area (Å²) in [7, 11) is 0. The number of anilines is 1. The zero-order chi connectivity index (χ0) is 10.7. The first-order chi connectivity index (χ1) is 7.33. The lowest BCUT2D eigenvalue weighted by Crippen LogP contribution is -1.99. The summed E-state index contributed by atoms with van der Waals surface area (Å²) in [5.41, 5.74) is 7.62. The normalized spacial score (nSPS) is 11.5. The van der Waals surface area contributed by atoms with Gasteiger partial charge in [-0.05, 0) is 24.6 Å². The Kier molecular flexibility index (Phi) is 2.67. The number of allylic oxidation sites excluding steroid dienone is 1. The highest BCUT2D eigenvalue weighted by atomic mass is 15.2. The highest BCUT2D eigenvalue weighted by molar-refractivity contribution is 5.68. The molecule has 0 bridgehead atoms. The van der Waals surface area contributed by atoms with Crippen LogP contribution in [0.15, 0.2) is 24.5 Å². The molecule has 0 radical (unpaired) electrons. The van der Waals surface area contributed by atoms with E-state index >= 15 is 0 Å². The summed E-state index contributed by atoms with van der Waals surface area (Å²) < 4.78 is 1.80. The van der Waals surface area contributed by atoms with Crippen LogP contribution in [0.1, 0.15) is 25.5 Å². The van der Waals surface area contributed by atoms with E-state index < -0.39 is 0 Å². The lowest BCUT2D eigenvalue weighted by atomic mass is 10.3. The molecule has 0 aromatic carbocycles. The Bertz CT molecular complexity index is 484. The molecule has 0 saturated carbocycles. The van der Waals surface area contributed by atoms with Crippen molar-refractivity contribution in [2.45, 2.75) is 19.8 Å². The quantitative estimate of drug-likeness (QED) is 0.829. The SMILES string of the molecule is CCC/C=C/c1ccc2c(N)ncnn12. The fourth-order valence-corrected chi connectivity index (χ4v) is 1.47. The van der Waals surface area contributed by atoms with Gasteiger partial charge in [-0.2, -0.15) is 5.10 Å². The van der Waals surface area contributed by atoms with Crippen LogP contribution in [-0.2, 0) is 0 Å². The van der Waals surface area contributed by atoms with Crippen LogP contribution < -0.4 is 5.73 Å². The average Bonchev–Trinajstić information content (AvgIpc) is 2.64. The largest absolute Gasteiger partial charge is 0.382 e. The molecule has 0 saturated heterocycles. The minimum atomic E-state index is 0.514. The first kappa shape index (κ1) is 9.71. The Labute approximate surface area is 88.4 Å². The third-order valence-corrected chi connectivity index (χ3v) is 2.26. The Morgan fingerprint density at radius 2 is 2.33 bits per heavy atom. The maximum absolute atomic E-state index is 5.73. The van der Waals surface area contributed by atoms with Gasteiger partial charge in [-0.3, -0.25) is 0 Å². The predicted octanol–water partition coefficient (Wildman–Crippen LogP) is 2.12. The molecule has 0 aliphatic heterocycles. The Hall–Kier alpha value is -1.84. The first-order valence-corrected chi connectivity index (χ1v) is 5.07. The number of nitrogens with zero attached hydrogens (tertiary/aromatic N) is 3. The van der Waals surface area contributed by atoms with Crippen LogP contribution in [0.4, 0.5) is 5.82 Å². The number of hydrogen-bond acceptors (Lipinski definition) is 3. The van der Waals surface area contributed by atoms with Crippen LogP contribution >= 0.6 is 0 Å². The number of fused-ring (bicyclic) bond motifs is 1. The van der Waals surface area contributed by atoms with E-state index in [-0.39, 0.29) is 0 Å². The van der Waals surface area contributed by atoms with Crippen LogP contribution in [0.25, 0.3) is 11.6 Å². The highest BCUT2D eigenvalue weighted by Crippen LogP contribution is 2.14. The Morgan fingerprint density at radius 3 is 3.13 bits per heavy atom. The van der Waals surface area contributed by atoms with Crippen molar-refractivity contribution in [1.29, 1.82) is 0 Å². The van der Waals surface area contributed by atoms with E-state index in [0.717, 1.165) is 24.1 Å². The van der Waals surface area contributed by atoms with Crippen molar-refractivity contribution in [3.63, 3.8) is 0 Å². The number of hydrogen-bond donors (Lipinski definition) is 1. The van der Waals surface area contributed by atoms with Gasteiger partial charge in [0.05, 0.1) is 5.69 Å². The number of aromatic nitrogens is 3. The minimum absolute atomic E-state index is 0.514. The van der Waals surface area contributed by atoms with E-state index in [1.807, 2.05) is 12.1 Å². The van der Waals surface area contributed by atoms with Crippen molar-refractivity contribution in [2.75, 3.05) is 5.73 Å². The van der Waals surface area contributed by atoms with Gasteiger partial charge >= 0.3 is 0 Å². The Balaban J connectivity index is 2.41. The van der Waals surface area contributed by atoms with E-state index in [1.165, 1.54) is 6.33 Å². The summed E-state index contributed by atoms with van der Waals surface area (Å²) >= 11 is 0. The third-order valence-electron chi connectivity index (χ3n) is 2.26. The summed E-state index contributed by atoms with van der Waals surface area (Å²) in [6, 6.07) is 3.92. The van der Waals surface area contributed by atoms with E-state index in [9.17, 15) is 0 Å². The number of unbranched alkanes of at least 4 members (excludes halogenated alkanes) is 1. The predicted molar refractivity (Wildman–Crippen MR) is 61.3 cm³/mol. The van der Waals surface area contributed by atoms with Gasteiger partial charge in [0.2, 0.25) is 0 Å². The summed E-state index contributed by atoms with van der Waals surface area (Å²) in [5, 5.41) is 4.16. The minimum Gasteiger partial charge on any atom is -0.382 e. The lowest BCUT2D eigenvalue weighted by molar-refractivity contribution is 0.896. The molecule has 0 atom stereocenters. The molecule has 2 N–H and O–H groups in total. The average molecular weight is 202 g/mol. The zero-order valence-electron chi connectivity index (χ0n) is 8.72. The van der Waals surface area contributed by atoms with Gasteiger partial charge < -0.3 is 5.73 Å². The molecule has 0 aliphatic rings. The molecule has 0 unspecified atom stereocenters. The lowest BCUT2D eigenvalue weighted by Gasteiger charge is -1.98. The van der Waals surface area contributed by atoms with Gasteiger partial charge in [-0.1, -0.05) is 19.4 Å². The number of nitrogens with two attached hydrogens (primary N) is 1. The van der Waals surface area contributed by atoms with Crippen molar-refractivity contribution in [3.8, 4) is 0 Å². The molecule has 0 aliphatic carbocycles. The second kappa shape index (κ2) is 4.13. The number of nitrogen functional groups attached to an aromatic ring is 1. The molecule has 0 amide bonds. The Morgan fingerprint density at radius 1 is 1.47 bits per heavy atom. The zero-order valence-corrected chi connectivity index (χ0v) is 8.72. The van der Waals surface area contributed by atoms with Crippen molar-refractivity contribution in [3.05, 3.63) is 30.2 Å². The van der Waals surface area contributed by atoms with Crippen LogP contribution in [-0.4, -0.2) is 14.6 Å². The molecule has 0 fully saturated rings. The van der Waals surface area contributed by atoms with Crippen molar-refractivity contribution < 1.29 is 0 Å². The fraction of sp³-hybridized carbons (Fsp3) is 0.273. The molecule has 2 heterocycles. The maximum atomic E-state index is 5.73. The molecule has 2 aromatic rings. The second-order valence-electron chi connectivity index (χ2n) is 3.39. The molecule has 2 aromatic heterocycles. The standard InChI is InChI=1S/C11H14N4/c1-2-3-4-5-9-6-7-10-11(12)13-8-14-15(9)10/h4-8H,2-3H2,1H3,(H2,12,13,14)/b5-4+. The van der Waals surface area contributed by atoms with Gasteiger partial charge in [0.25, 0.3) is 0 Å². The van der Waals surface area contributed by atoms with Gasteiger partial charge in [0, 0.05) is 0 Å². The maximum Gasteiger partial charge on any atom is 0.151 e. The first-order valence-electron chi connectivity index (χ1n) is 5.07. The van der Waals surface area contributed by atoms with Gasteiger partial charge in [-0.15, -0.1) is 0 Å². The van der Waals surface area contributed by atoms with Crippen LogP contribution in [0.3, 0.4) is 0 Å². The van der Waals surface area contributed by atoms with Crippen molar-refractivity contribution in [1.82, 2.24) is 14.6 Å². The topological polar surface area (TPSA) is 56.2 Å². The molecule has 0 spiro atoms. The summed E-state index contributed by atoms with van der Waals surface area (Å²) in [5.74, 6) is 0.514. The molecule has 15 heavy (non-hydrogen) atoms. The van der Waals surface area contributed by atoms with Gasteiger partial charge in [0.15, 0.2) is 5.82 Å². The summed E-state index contributed by atoms with van der Waals surface area (Å²) in [4.78, 5) is 3.94. The smallest absolute Gasteiger partial charge is 0.151 e. The van der Waals surface area contributed by atoms with Crippen LogP contribution in [0, 0.1) is 0 Å². The molecular weight excluding hydrogens is 188 g/mol. The molecular formula is C11H14N4.